The average molecular weight is 242 g/mol. The molecule has 0 spiro atoms. The Morgan fingerprint density at radius 2 is 2.06 bits per heavy atom. The van der Waals surface area contributed by atoms with Crippen molar-refractivity contribution in [2.45, 2.75) is 46.0 Å². The number of hydrogen-bond donors (Lipinski definition) is 0. The molecule has 1 aliphatic rings. The molecule has 0 saturated heterocycles. The van der Waals surface area contributed by atoms with Crippen LogP contribution in [0.5, 0.6) is 0 Å². The number of hydrogen-bond acceptors (Lipinski definition) is 1. The minimum Gasteiger partial charge on any atom is -0.294 e. The largest absolute Gasteiger partial charge is 0.294 e. The lowest BCUT2D eigenvalue weighted by Crippen LogP contribution is -2.12. The topological polar surface area (TPSA) is 17.1 Å². The Bertz CT molecular complexity index is 489. The maximum atomic E-state index is 12.3. The van der Waals surface area contributed by atoms with Gasteiger partial charge in [-0.1, -0.05) is 45.1 Å². The first-order valence-corrected chi connectivity index (χ1v) is 6.72. The minimum atomic E-state index is 0.108. The molecule has 0 radical (unpaired) electrons. The second-order valence-corrected chi connectivity index (χ2v) is 6.19. The Morgan fingerprint density at radius 1 is 1.33 bits per heavy atom. The third-order valence-electron chi connectivity index (χ3n) is 3.73. The van der Waals surface area contributed by atoms with E-state index in [-0.39, 0.29) is 11.3 Å². The molecule has 1 unspecified atom stereocenters. The fraction of sp³-hybridized carbons (Fsp3) is 0.471. The van der Waals surface area contributed by atoms with Crippen LogP contribution in [-0.4, -0.2) is 5.78 Å². The Kier molecular flexibility index (Phi) is 3.43. The zero-order valence-electron chi connectivity index (χ0n) is 11.8. The monoisotopic (exact) mass is 242 g/mol. The first-order valence-electron chi connectivity index (χ1n) is 6.72. The first kappa shape index (κ1) is 13.1. The molecule has 0 heterocycles. The molecule has 0 fully saturated rings. The van der Waals surface area contributed by atoms with E-state index in [1.165, 1.54) is 11.1 Å². The van der Waals surface area contributed by atoms with Gasteiger partial charge in [0.15, 0.2) is 5.78 Å². The van der Waals surface area contributed by atoms with Gasteiger partial charge in [-0.15, -0.1) is 0 Å². The number of carbonyl (C=O) groups excluding carboxylic acids is 1. The van der Waals surface area contributed by atoms with Gasteiger partial charge in [-0.3, -0.25) is 4.79 Å². The van der Waals surface area contributed by atoms with Crippen LogP contribution in [0, 0.1) is 5.92 Å². The molecule has 18 heavy (non-hydrogen) atoms. The number of fused-ring (bicyclic) bond motifs is 1. The Hall–Kier alpha value is -1.37. The number of carbonyl (C=O) groups is 1. The average Bonchev–Trinajstić information content (AvgIpc) is 2.62. The molecule has 1 nitrogen and oxygen atoms in total. The highest BCUT2D eigenvalue weighted by Gasteiger charge is 2.30. The van der Waals surface area contributed by atoms with E-state index in [4.69, 9.17) is 0 Å². The molecule has 1 atom stereocenters. The molecule has 1 aliphatic carbocycles. The van der Waals surface area contributed by atoms with Gasteiger partial charge in [0.1, 0.15) is 0 Å². The zero-order chi connectivity index (χ0) is 13.3. The van der Waals surface area contributed by atoms with Crippen molar-refractivity contribution in [1.29, 1.82) is 0 Å². The lowest BCUT2D eigenvalue weighted by Gasteiger charge is -2.19. The first-order chi connectivity index (χ1) is 8.43. The summed E-state index contributed by atoms with van der Waals surface area (Å²) < 4.78 is 0. The third-order valence-corrected chi connectivity index (χ3v) is 3.73. The number of Topliss-reactive ketones (excluding diaryl/α,β-unsaturated/α-hetero) is 1. The number of ketones is 1. The van der Waals surface area contributed by atoms with E-state index in [1.54, 1.807) is 0 Å². The second kappa shape index (κ2) is 4.72. The summed E-state index contributed by atoms with van der Waals surface area (Å²) in [7, 11) is 0. The van der Waals surface area contributed by atoms with Crippen LogP contribution in [0.4, 0.5) is 0 Å². The van der Waals surface area contributed by atoms with Crippen LogP contribution in [0.2, 0.25) is 0 Å². The van der Waals surface area contributed by atoms with Crippen LogP contribution in [0.3, 0.4) is 0 Å². The van der Waals surface area contributed by atoms with Gasteiger partial charge in [0.25, 0.3) is 0 Å². The molecule has 0 saturated carbocycles. The minimum absolute atomic E-state index is 0.108. The molecule has 1 aromatic rings. The summed E-state index contributed by atoms with van der Waals surface area (Å²) in [5.41, 5.74) is 3.54. The van der Waals surface area contributed by atoms with Gasteiger partial charge in [0.05, 0.1) is 0 Å². The third kappa shape index (κ3) is 2.40. The van der Waals surface area contributed by atoms with Crippen molar-refractivity contribution >= 4 is 5.78 Å². The lowest BCUT2D eigenvalue weighted by atomic mass is 9.85. The SMILES string of the molecule is C/C=C/CC1Cc2ccc(C(C)(C)C)cc2C1=O. The van der Waals surface area contributed by atoms with Crippen LogP contribution >= 0.6 is 0 Å². The summed E-state index contributed by atoms with van der Waals surface area (Å²) in [4.78, 5) is 12.3. The highest BCUT2D eigenvalue weighted by atomic mass is 16.1. The maximum absolute atomic E-state index is 12.3. The zero-order valence-corrected chi connectivity index (χ0v) is 11.8. The molecule has 1 aromatic carbocycles. The molecular formula is C17H22O. The van der Waals surface area contributed by atoms with Gasteiger partial charge < -0.3 is 0 Å². The van der Waals surface area contributed by atoms with E-state index >= 15 is 0 Å². The lowest BCUT2D eigenvalue weighted by molar-refractivity contribution is 0.0938. The van der Waals surface area contributed by atoms with E-state index in [0.29, 0.717) is 5.78 Å². The summed E-state index contributed by atoms with van der Waals surface area (Å²) in [6.07, 6.45) is 5.90. The predicted octanol–water partition coefficient (Wildman–Crippen LogP) is 4.31. The molecule has 0 amide bonds. The fourth-order valence-corrected chi connectivity index (χ4v) is 2.52. The summed E-state index contributed by atoms with van der Waals surface area (Å²) >= 11 is 0. The van der Waals surface area contributed by atoms with Gasteiger partial charge in [-0.05, 0) is 42.4 Å². The van der Waals surface area contributed by atoms with Crippen LogP contribution in [-0.2, 0) is 11.8 Å². The summed E-state index contributed by atoms with van der Waals surface area (Å²) in [5.74, 6) is 0.487. The molecule has 1 heteroatoms. The predicted molar refractivity (Wildman–Crippen MR) is 76.1 cm³/mol. The second-order valence-electron chi connectivity index (χ2n) is 6.19. The smallest absolute Gasteiger partial charge is 0.166 e. The van der Waals surface area contributed by atoms with Crippen LogP contribution in [0.1, 0.15) is 55.6 Å². The highest BCUT2D eigenvalue weighted by Crippen LogP contribution is 2.33. The van der Waals surface area contributed by atoms with Gasteiger partial charge in [0, 0.05) is 11.5 Å². The van der Waals surface area contributed by atoms with Crippen molar-refractivity contribution in [1.82, 2.24) is 0 Å². The normalized spacial score (nSPS) is 19.6. The summed E-state index contributed by atoms with van der Waals surface area (Å²) in [6.45, 7) is 8.56. The number of allylic oxidation sites excluding steroid dienone is 2. The van der Waals surface area contributed by atoms with Crippen molar-refractivity contribution in [2.75, 3.05) is 0 Å². The number of rotatable bonds is 2. The maximum Gasteiger partial charge on any atom is 0.166 e. The standard InChI is InChI=1S/C17H22O/c1-5-6-7-13-10-12-8-9-14(17(2,3)4)11-15(12)16(13)18/h5-6,8-9,11,13H,7,10H2,1-4H3/b6-5+. The quantitative estimate of drug-likeness (QED) is 0.706. The van der Waals surface area contributed by atoms with E-state index in [9.17, 15) is 4.79 Å². The highest BCUT2D eigenvalue weighted by molar-refractivity contribution is 6.02. The molecule has 96 valence electrons. The summed E-state index contributed by atoms with van der Waals surface area (Å²) in [6, 6.07) is 6.42. The van der Waals surface area contributed by atoms with Crippen LogP contribution in [0.25, 0.3) is 0 Å². The van der Waals surface area contributed by atoms with Crippen molar-refractivity contribution in [3.05, 3.63) is 47.0 Å². The van der Waals surface area contributed by atoms with E-state index in [2.05, 4.69) is 45.0 Å². The van der Waals surface area contributed by atoms with E-state index < -0.39 is 0 Å². The van der Waals surface area contributed by atoms with Gasteiger partial charge >= 0.3 is 0 Å². The molecular weight excluding hydrogens is 220 g/mol. The Labute approximate surface area is 110 Å². The van der Waals surface area contributed by atoms with Gasteiger partial charge in [0.2, 0.25) is 0 Å². The molecule has 0 bridgehead atoms. The molecule has 2 rings (SSSR count). The molecule has 0 aliphatic heterocycles. The van der Waals surface area contributed by atoms with Crippen molar-refractivity contribution in [3.8, 4) is 0 Å². The molecule has 0 aromatic heterocycles. The number of benzene rings is 1. The Balaban J connectivity index is 2.30. The fourth-order valence-electron chi connectivity index (χ4n) is 2.52. The van der Waals surface area contributed by atoms with Crippen molar-refractivity contribution in [2.24, 2.45) is 5.92 Å². The van der Waals surface area contributed by atoms with Crippen LogP contribution in [0.15, 0.2) is 30.4 Å². The summed E-state index contributed by atoms with van der Waals surface area (Å²) in [5, 5.41) is 0. The molecule has 0 N–H and O–H groups in total. The van der Waals surface area contributed by atoms with E-state index in [1.807, 2.05) is 13.0 Å². The van der Waals surface area contributed by atoms with Gasteiger partial charge in [-0.2, -0.15) is 0 Å². The Morgan fingerprint density at radius 3 is 2.67 bits per heavy atom. The van der Waals surface area contributed by atoms with Crippen molar-refractivity contribution in [3.63, 3.8) is 0 Å². The van der Waals surface area contributed by atoms with Crippen molar-refractivity contribution < 1.29 is 4.79 Å². The van der Waals surface area contributed by atoms with E-state index in [0.717, 1.165) is 18.4 Å². The van der Waals surface area contributed by atoms with Gasteiger partial charge in [-0.25, -0.2) is 0 Å². The van der Waals surface area contributed by atoms with Crippen LogP contribution < -0.4 is 0 Å².